The van der Waals surface area contributed by atoms with Crippen molar-refractivity contribution in [2.45, 2.75) is 25.4 Å². The Labute approximate surface area is 96.3 Å². The number of aliphatic hydroxyl groups excluding tert-OH is 2. The highest BCUT2D eigenvalue weighted by Crippen LogP contribution is 2.32. The molecule has 2 heterocycles. The van der Waals surface area contributed by atoms with E-state index in [-0.39, 0.29) is 12.5 Å². The minimum atomic E-state index is -0.907. The van der Waals surface area contributed by atoms with Crippen molar-refractivity contribution in [1.29, 1.82) is 0 Å². The van der Waals surface area contributed by atoms with Gasteiger partial charge < -0.3 is 14.9 Å². The monoisotopic (exact) mass is 242 g/mol. The van der Waals surface area contributed by atoms with E-state index in [1.54, 1.807) is 6.92 Å². The molecule has 3 N–H and O–H groups in total. The van der Waals surface area contributed by atoms with Crippen molar-refractivity contribution in [1.82, 2.24) is 9.55 Å². The fourth-order valence-corrected chi connectivity index (χ4v) is 1.93. The lowest BCUT2D eigenvalue weighted by Gasteiger charge is -2.17. The molecular formula is C10H14N2O5. The molecule has 7 heteroatoms. The first-order valence-electron chi connectivity index (χ1n) is 5.30. The van der Waals surface area contributed by atoms with Crippen molar-refractivity contribution >= 4 is 0 Å². The number of nitrogens with zero attached hydrogens (tertiary/aromatic N) is 1. The number of ether oxygens (including phenoxy) is 1. The molecule has 1 saturated heterocycles. The second kappa shape index (κ2) is 4.44. The van der Waals surface area contributed by atoms with Crippen LogP contribution in [-0.4, -0.2) is 38.6 Å². The Morgan fingerprint density at radius 1 is 1.53 bits per heavy atom. The van der Waals surface area contributed by atoms with Gasteiger partial charge in [0.2, 0.25) is 0 Å². The highest BCUT2D eigenvalue weighted by atomic mass is 16.5. The number of hydrogen-bond acceptors (Lipinski definition) is 5. The van der Waals surface area contributed by atoms with E-state index in [2.05, 4.69) is 4.98 Å². The topological polar surface area (TPSA) is 105 Å². The first kappa shape index (κ1) is 12.0. The maximum absolute atomic E-state index is 11.5. The molecule has 17 heavy (non-hydrogen) atoms. The van der Waals surface area contributed by atoms with E-state index in [0.717, 1.165) is 4.57 Å². The molecule has 0 radical (unpaired) electrons. The third-order valence-corrected chi connectivity index (χ3v) is 3.04. The molecule has 94 valence electrons. The van der Waals surface area contributed by atoms with Crippen LogP contribution in [-0.2, 0) is 4.74 Å². The molecule has 1 aromatic rings. The average molecular weight is 242 g/mol. The van der Waals surface area contributed by atoms with Gasteiger partial charge in [-0.3, -0.25) is 14.3 Å². The second-order valence-electron chi connectivity index (χ2n) is 4.11. The smallest absolute Gasteiger partial charge is 0.330 e. The summed E-state index contributed by atoms with van der Waals surface area (Å²) in [6, 6.07) is 1.18. The number of nitrogens with one attached hydrogen (secondary N) is 1. The van der Waals surface area contributed by atoms with E-state index in [1.807, 2.05) is 0 Å². The number of hydrogen-bond donors (Lipinski definition) is 3. The zero-order valence-corrected chi connectivity index (χ0v) is 9.24. The summed E-state index contributed by atoms with van der Waals surface area (Å²) in [6.07, 6.45) is -1.04. The van der Waals surface area contributed by atoms with Gasteiger partial charge in [0.1, 0.15) is 6.10 Å². The van der Waals surface area contributed by atoms with Crippen LogP contribution in [0.2, 0.25) is 0 Å². The maximum atomic E-state index is 11.5. The molecule has 1 aliphatic rings. The largest absolute Gasteiger partial charge is 0.394 e. The van der Waals surface area contributed by atoms with Crippen molar-refractivity contribution in [3.8, 4) is 0 Å². The van der Waals surface area contributed by atoms with Crippen LogP contribution in [0.5, 0.6) is 0 Å². The molecule has 0 amide bonds. The van der Waals surface area contributed by atoms with Crippen LogP contribution in [0.25, 0.3) is 0 Å². The Kier molecular flexibility index (Phi) is 3.14. The van der Waals surface area contributed by atoms with E-state index in [0.29, 0.717) is 0 Å². The van der Waals surface area contributed by atoms with Gasteiger partial charge in [-0.1, -0.05) is 6.92 Å². The van der Waals surface area contributed by atoms with Crippen LogP contribution < -0.4 is 11.2 Å². The first-order chi connectivity index (χ1) is 8.04. The predicted molar refractivity (Wildman–Crippen MR) is 57.5 cm³/mol. The highest BCUT2D eigenvalue weighted by Gasteiger charge is 2.41. The summed E-state index contributed by atoms with van der Waals surface area (Å²) in [5.74, 6) is -0.288. The maximum Gasteiger partial charge on any atom is 0.330 e. The summed E-state index contributed by atoms with van der Waals surface area (Å²) >= 11 is 0. The minimum Gasteiger partial charge on any atom is -0.394 e. The number of aromatic amines is 1. The van der Waals surface area contributed by atoms with Crippen molar-refractivity contribution in [3.63, 3.8) is 0 Å². The van der Waals surface area contributed by atoms with Gasteiger partial charge in [-0.25, -0.2) is 4.79 Å². The SMILES string of the molecule is CC1[C@@H](CO)O[C@@H](n2ccc(=O)[nH]c2=O)[C@H]1O. The summed E-state index contributed by atoms with van der Waals surface area (Å²) in [5, 5.41) is 19.0. The van der Waals surface area contributed by atoms with Crippen LogP contribution in [0.15, 0.2) is 21.9 Å². The van der Waals surface area contributed by atoms with E-state index < -0.39 is 29.7 Å². The Morgan fingerprint density at radius 2 is 2.24 bits per heavy atom. The summed E-state index contributed by atoms with van der Waals surface area (Å²) in [4.78, 5) is 24.5. The summed E-state index contributed by atoms with van der Waals surface area (Å²) < 4.78 is 6.49. The Morgan fingerprint density at radius 3 is 2.76 bits per heavy atom. The standard InChI is InChI=1S/C10H14N2O5/c1-5-6(4-13)17-9(8(5)15)12-3-2-7(14)11-10(12)16/h2-3,5-6,8-9,13,15H,4H2,1H3,(H,11,14,16)/t5?,6-,8+,9-/m1/s1. The van der Waals surface area contributed by atoms with Gasteiger partial charge >= 0.3 is 5.69 Å². The number of aromatic nitrogens is 2. The molecule has 1 aliphatic heterocycles. The zero-order chi connectivity index (χ0) is 12.6. The summed E-state index contributed by atoms with van der Waals surface area (Å²) in [7, 11) is 0. The average Bonchev–Trinajstić information content (AvgIpc) is 2.57. The van der Waals surface area contributed by atoms with Gasteiger partial charge in [0, 0.05) is 18.2 Å². The normalized spacial score (nSPS) is 32.9. The quantitative estimate of drug-likeness (QED) is 0.580. The highest BCUT2D eigenvalue weighted by molar-refractivity contribution is 4.91. The van der Waals surface area contributed by atoms with Gasteiger partial charge in [-0.2, -0.15) is 0 Å². The first-order valence-corrected chi connectivity index (χ1v) is 5.30. The zero-order valence-electron chi connectivity index (χ0n) is 9.24. The third-order valence-electron chi connectivity index (χ3n) is 3.04. The molecule has 7 nitrogen and oxygen atoms in total. The van der Waals surface area contributed by atoms with Gasteiger partial charge in [0.25, 0.3) is 5.56 Å². The summed E-state index contributed by atoms with van der Waals surface area (Å²) in [6.45, 7) is 1.50. The predicted octanol–water partition coefficient (Wildman–Crippen LogP) is -1.58. The van der Waals surface area contributed by atoms with Crippen molar-refractivity contribution < 1.29 is 14.9 Å². The molecule has 1 fully saturated rings. The van der Waals surface area contributed by atoms with Gasteiger partial charge in [0.15, 0.2) is 6.23 Å². The molecular weight excluding hydrogens is 228 g/mol. The molecule has 0 bridgehead atoms. The van der Waals surface area contributed by atoms with E-state index in [9.17, 15) is 14.7 Å². The lowest BCUT2D eigenvalue weighted by Crippen LogP contribution is -2.35. The number of H-pyrrole nitrogens is 1. The van der Waals surface area contributed by atoms with Crippen LogP contribution in [0.3, 0.4) is 0 Å². The molecule has 0 spiro atoms. The van der Waals surface area contributed by atoms with Crippen molar-refractivity contribution in [3.05, 3.63) is 33.1 Å². The molecule has 0 aliphatic carbocycles. The van der Waals surface area contributed by atoms with E-state index in [4.69, 9.17) is 9.84 Å². The van der Waals surface area contributed by atoms with E-state index in [1.165, 1.54) is 12.3 Å². The van der Waals surface area contributed by atoms with E-state index >= 15 is 0 Å². The fraction of sp³-hybridized carbons (Fsp3) is 0.600. The summed E-state index contributed by atoms with van der Waals surface area (Å²) in [5.41, 5.74) is -1.15. The fourth-order valence-electron chi connectivity index (χ4n) is 1.93. The molecule has 0 aromatic carbocycles. The number of aliphatic hydroxyl groups is 2. The number of rotatable bonds is 2. The lowest BCUT2D eigenvalue weighted by molar-refractivity contribution is -0.0534. The van der Waals surface area contributed by atoms with Crippen molar-refractivity contribution in [2.75, 3.05) is 6.61 Å². The molecule has 0 saturated carbocycles. The molecule has 1 aromatic heterocycles. The van der Waals surface area contributed by atoms with Gasteiger partial charge in [-0.15, -0.1) is 0 Å². The Hall–Kier alpha value is -1.44. The van der Waals surface area contributed by atoms with Crippen LogP contribution in [0.4, 0.5) is 0 Å². The lowest BCUT2D eigenvalue weighted by atomic mass is 10.0. The third kappa shape index (κ3) is 2.04. The van der Waals surface area contributed by atoms with Crippen LogP contribution in [0.1, 0.15) is 13.2 Å². The van der Waals surface area contributed by atoms with Gasteiger partial charge in [-0.05, 0) is 0 Å². The van der Waals surface area contributed by atoms with Crippen LogP contribution in [0, 0.1) is 5.92 Å². The molecule has 2 rings (SSSR count). The Balaban J connectivity index is 2.35. The molecule has 4 atom stereocenters. The Bertz CT molecular complexity index is 508. The van der Waals surface area contributed by atoms with Crippen molar-refractivity contribution in [2.24, 2.45) is 5.92 Å². The second-order valence-corrected chi connectivity index (χ2v) is 4.11. The minimum absolute atomic E-state index is 0.229. The van der Waals surface area contributed by atoms with Crippen LogP contribution >= 0.6 is 0 Å². The molecule has 1 unspecified atom stereocenters. The van der Waals surface area contributed by atoms with Gasteiger partial charge in [0.05, 0.1) is 12.7 Å².